The van der Waals surface area contributed by atoms with Crippen molar-refractivity contribution in [3.8, 4) is 11.3 Å². The molecule has 2 aromatic rings. The van der Waals surface area contributed by atoms with Gasteiger partial charge in [0.1, 0.15) is 5.01 Å². The average Bonchev–Trinajstić information content (AvgIpc) is 2.74. The van der Waals surface area contributed by atoms with Crippen LogP contribution < -0.4 is 5.73 Å². The largest absolute Gasteiger partial charge is 0.325 e. The maximum Gasteiger partial charge on any atom is 0.107 e. The van der Waals surface area contributed by atoms with Crippen molar-refractivity contribution < 1.29 is 0 Å². The Morgan fingerprint density at radius 2 is 1.88 bits per heavy atom. The minimum absolute atomic E-state index is 0.490. The highest BCUT2D eigenvalue weighted by molar-refractivity contribution is 7.12. The number of nitrogens with two attached hydrogens (primary N) is 1. The molecule has 1 aromatic carbocycles. The van der Waals surface area contributed by atoms with Crippen molar-refractivity contribution >= 4 is 11.3 Å². The fraction of sp³-hybridized carbons (Fsp3) is 0.357. The molecule has 17 heavy (non-hydrogen) atoms. The summed E-state index contributed by atoms with van der Waals surface area (Å²) >= 11 is 1.73. The lowest BCUT2D eigenvalue weighted by atomic mass is 10.0. The molecular weight excluding hydrogens is 228 g/mol. The molecule has 0 radical (unpaired) electrons. The second kappa shape index (κ2) is 4.98. The third-order valence-electron chi connectivity index (χ3n) is 2.72. The van der Waals surface area contributed by atoms with Gasteiger partial charge in [-0.2, -0.15) is 0 Å². The second-order valence-electron chi connectivity index (χ2n) is 4.55. The van der Waals surface area contributed by atoms with E-state index in [1.54, 1.807) is 11.3 Å². The topological polar surface area (TPSA) is 38.9 Å². The van der Waals surface area contributed by atoms with Crippen LogP contribution in [0.2, 0.25) is 0 Å². The molecule has 2 rings (SSSR count). The Labute approximate surface area is 107 Å². The number of thiazole rings is 1. The van der Waals surface area contributed by atoms with Crippen molar-refractivity contribution in [1.82, 2.24) is 4.98 Å². The molecule has 0 spiro atoms. The van der Waals surface area contributed by atoms with Gasteiger partial charge in [-0.3, -0.25) is 0 Å². The summed E-state index contributed by atoms with van der Waals surface area (Å²) in [5.41, 5.74) is 9.25. The molecule has 90 valence electrons. The van der Waals surface area contributed by atoms with E-state index in [1.165, 1.54) is 16.0 Å². The molecule has 0 fully saturated rings. The van der Waals surface area contributed by atoms with E-state index >= 15 is 0 Å². The van der Waals surface area contributed by atoms with Crippen LogP contribution in [0.3, 0.4) is 0 Å². The molecule has 0 saturated carbocycles. The van der Waals surface area contributed by atoms with Crippen LogP contribution in [0.15, 0.2) is 24.3 Å². The minimum atomic E-state index is 0.490. The number of nitrogens with zero attached hydrogens (tertiary/aromatic N) is 1. The zero-order chi connectivity index (χ0) is 12.4. The van der Waals surface area contributed by atoms with Crippen LogP contribution in [0.4, 0.5) is 0 Å². The normalized spacial score (nSPS) is 11.1. The van der Waals surface area contributed by atoms with Gasteiger partial charge in [-0.25, -0.2) is 4.98 Å². The Morgan fingerprint density at radius 3 is 2.41 bits per heavy atom. The fourth-order valence-electron chi connectivity index (χ4n) is 1.77. The number of aromatic nitrogens is 1. The highest BCUT2D eigenvalue weighted by Crippen LogP contribution is 2.33. The van der Waals surface area contributed by atoms with E-state index < -0.39 is 0 Å². The molecule has 0 amide bonds. The molecule has 0 aliphatic rings. The zero-order valence-electron chi connectivity index (χ0n) is 10.5. The van der Waals surface area contributed by atoms with Gasteiger partial charge in [-0.15, -0.1) is 11.3 Å². The van der Waals surface area contributed by atoms with Crippen LogP contribution in [-0.2, 0) is 6.54 Å². The standard InChI is InChI=1S/C14H18N2S/c1-9(2)14-13(16-12(8-15)17-14)11-6-4-10(3)5-7-11/h4-7,9H,8,15H2,1-3H3. The molecule has 0 unspecified atom stereocenters. The third kappa shape index (κ3) is 2.56. The number of aryl methyl sites for hydroxylation is 1. The first-order valence-corrected chi connectivity index (χ1v) is 6.70. The van der Waals surface area contributed by atoms with Crippen molar-refractivity contribution in [3.63, 3.8) is 0 Å². The molecule has 2 N–H and O–H groups in total. The average molecular weight is 246 g/mol. The first kappa shape index (κ1) is 12.3. The summed E-state index contributed by atoms with van der Waals surface area (Å²) < 4.78 is 0. The molecule has 1 heterocycles. The predicted molar refractivity (Wildman–Crippen MR) is 74.3 cm³/mol. The van der Waals surface area contributed by atoms with Gasteiger partial charge < -0.3 is 5.73 Å². The summed E-state index contributed by atoms with van der Waals surface area (Å²) in [6, 6.07) is 8.52. The molecule has 1 aromatic heterocycles. The number of benzene rings is 1. The van der Waals surface area contributed by atoms with Crippen molar-refractivity contribution in [2.45, 2.75) is 33.2 Å². The molecule has 0 aliphatic carbocycles. The van der Waals surface area contributed by atoms with Crippen LogP contribution in [0, 0.1) is 6.92 Å². The molecule has 3 heteroatoms. The van der Waals surface area contributed by atoms with Crippen LogP contribution in [0.25, 0.3) is 11.3 Å². The second-order valence-corrected chi connectivity index (χ2v) is 5.66. The van der Waals surface area contributed by atoms with E-state index in [0.717, 1.165) is 10.7 Å². The number of rotatable bonds is 3. The van der Waals surface area contributed by atoms with E-state index in [-0.39, 0.29) is 0 Å². The van der Waals surface area contributed by atoms with Crippen LogP contribution >= 0.6 is 11.3 Å². The van der Waals surface area contributed by atoms with E-state index in [0.29, 0.717) is 12.5 Å². The number of hydrogen-bond donors (Lipinski definition) is 1. The molecule has 0 aliphatic heterocycles. The lowest BCUT2D eigenvalue weighted by molar-refractivity contribution is 0.887. The fourth-order valence-corrected chi connectivity index (χ4v) is 2.74. The maximum atomic E-state index is 5.68. The summed E-state index contributed by atoms with van der Waals surface area (Å²) in [7, 11) is 0. The Balaban J connectivity index is 2.49. The maximum absolute atomic E-state index is 5.68. The smallest absolute Gasteiger partial charge is 0.107 e. The Bertz CT molecular complexity index is 497. The van der Waals surface area contributed by atoms with Gasteiger partial charge >= 0.3 is 0 Å². The lowest BCUT2D eigenvalue weighted by Crippen LogP contribution is -1.94. The van der Waals surface area contributed by atoms with Crippen molar-refractivity contribution in [2.24, 2.45) is 5.73 Å². The summed E-state index contributed by atoms with van der Waals surface area (Å²) in [5.74, 6) is 0.490. The van der Waals surface area contributed by atoms with Crippen molar-refractivity contribution in [2.75, 3.05) is 0 Å². The summed E-state index contributed by atoms with van der Waals surface area (Å²) in [6.07, 6.45) is 0. The summed E-state index contributed by atoms with van der Waals surface area (Å²) in [6.45, 7) is 7.02. The first-order valence-electron chi connectivity index (χ1n) is 5.88. The molecule has 0 atom stereocenters. The van der Waals surface area contributed by atoms with Crippen molar-refractivity contribution in [1.29, 1.82) is 0 Å². The van der Waals surface area contributed by atoms with E-state index in [2.05, 4.69) is 50.0 Å². The highest BCUT2D eigenvalue weighted by Gasteiger charge is 2.14. The van der Waals surface area contributed by atoms with Gasteiger partial charge in [0, 0.05) is 17.0 Å². The Morgan fingerprint density at radius 1 is 1.24 bits per heavy atom. The third-order valence-corrected chi connectivity index (χ3v) is 4.10. The van der Waals surface area contributed by atoms with E-state index in [1.807, 2.05) is 0 Å². The van der Waals surface area contributed by atoms with Gasteiger partial charge in [-0.05, 0) is 12.8 Å². The van der Waals surface area contributed by atoms with E-state index in [9.17, 15) is 0 Å². The lowest BCUT2D eigenvalue weighted by Gasteiger charge is -2.05. The first-order chi connectivity index (χ1) is 8.11. The van der Waals surface area contributed by atoms with Crippen LogP contribution in [0.5, 0.6) is 0 Å². The molecule has 2 nitrogen and oxygen atoms in total. The van der Waals surface area contributed by atoms with Gasteiger partial charge in [0.25, 0.3) is 0 Å². The predicted octanol–water partition coefficient (Wildman–Crippen LogP) is 3.70. The molecule has 0 bridgehead atoms. The molecular formula is C14H18N2S. The van der Waals surface area contributed by atoms with Gasteiger partial charge in [0.15, 0.2) is 0 Å². The summed E-state index contributed by atoms with van der Waals surface area (Å²) in [4.78, 5) is 5.97. The van der Waals surface area contributed by atoms with Gasteiger partial charge in [0.2, 0.25) is 0 Å². The minimum Gasteiger partial charge on any atom is -0.325 e. The quantitative estimate of drug-likeness (QED) is 0.896. The van der Waals surface area contributed by atoms with E-state index in [4.69, 9.17) is 5.73 Å². The SMILES string of the molecule is Cc1ccc(-c2nc(CN)sc2C(C)C)cc1. The number of hydrogen-bond acceptors (Lipinski definition) is 3. The zero-order valence-corrected chi connectivity index (χ0v) is 11.3. The molecule has 0 saturated heterocycles. The summed E-state index contributed by atoms with van der Waals surface area (Å²) in [5, 5.41) is 1.02. The monoisotopic (exact) mass is 246 g/mol. The Kier molecular flexibility index (Phi) is 3.60. The van der Waals surface area contributed by atoms with Crippen LogP contribution in [-0.4, -0.2) is 4.98 Å². The van der Waals surface area contributed by atoms with Gasteiger partial charge in [0.05, 0.1) is 5.69 Å². The highest BCUT2D eigenvalue weighted by atomic mass is 32.1. The van der Waals surface area contributed by atoms with Crippen LogP contribution in [0.1, 0.15) is 35.2 Å². The Hall–Kier alpha value is -1.19. The van der Waals surface area contributed by atoms with Gasteiger partial charge in [-0.1, -0.05) is 43.7 Å². The van der Waals surface area contributed by atoms with Crippen molar-refractivity contribution in [3.05, 3.63) is 39.7 Å².